The maximum atomic E-state index is 13.1. The summed E-state index contributed by atoms with van der Waals surface area (Å²) in [4.78, 5) is 66.0. The van der Waals surface area contributed by atoms with Crippen molar-refractivity contribution in [2.24, 2.45) is 5.11 Å². The van der Waals surface area contributed by atoms with Gasteiger partial charge < -0.3 is 52.7 Å². The molecule has 57 heavy (non-hydrogen) atoms. The summed E-state index contributed by atoms with van der Waals surface area (Å²) in [6, 6.07) is 16.8. The second-order valence-corrected chi connectivity index (χ2v) is 12.8. The maximum Gasteiger partial charge on any atom is 0.509 e. The van der Waals surface area contributed by atoms with Crippen molar-refractivity contribution in [3.63, 3.8) is 0 Å². The first-order valence-corrected chi connectivity index (χ1v) is 17.9. The maximum absolute atomic E-state index is 13.1. The third-order valence-corrected chi connectivity index (χ3v) is 8.33. The highest BCUT2D eigenvalue weighted by Gasteiger charge is 2.56. The molecule has 10 atom stereocenters. The fourth-order valence-electron chi connectivity index (χ4n) is 6.16. The highest BCUT2D eigenvalue weighted by Crippen LogP contribution is 2.35. The lowest BCUT2D eigenvalue weighted by molar-refractivity contribution is -0.340. The molecule has 0 aromatic heterocycles. The second kappa shape index (κ2) is 22.2. The van der Waals surface area contributed by atoms with Crippen molar-refractivity contribution >= 4 is 30.0 Å². The summed E-state index contributed by atoms with van der Waals surface area (Å²) in [6.45, 7) is 7.38. The zero-order valence-corrected chi connectivity index (χ0v) is 31.8. The second-order valence-electron chi connectivity index (χ2n) is 12.8. The quantitative estimate of drug-likeness (QED) is 0.0566. The van der Waals surface area contributed by atoms with Crippen LogP contribution in [0.4, 0.5) is 4.79 Å². The Morgan fingerprint density at radius 1 is 0.737 bits per heavy atom. The lowest BCUT2D eigenvalue weighted by atomic mass is 9.94. The molecule has 19 heteroatoms. The Balaban J connectivity index is 1.79. The van der Waals surface area contributed by atoms with Crippen LogP contribution >= 0.6 is 0 Å². The Hall–Kier alpha value is -5.56. The van der Waals surface area contributed by atoms with Gasteiger partial charge in [-0.15, -0.1) is 0 Å². The van der Waals surface area contributed by atoms with Gasteiger partial charge in [0.2, 0.25) is 5.91 Å². The summed E-state index contributed by atoms with van der Waals surface area (Å²) < 4.78 is 58.7. The minimum atomic E-state index is -1.70. The molecule has 2 fully saturated rings. The van der Waals surface area contributed by atoms with Crippen LogP contribution in [0.2, 0.25) is 0 Å². The predicted octanol–water partition coefficient (Wildman–Crippen LogP) is 3.57. The molecule has 4 rings (SSSR count). The van der Waals surface area contributed by atoms with Crippen LogP contribution in [0.25, 0.3) is 10.4 Å². The van der Waals surface area contributed by atoms with E-state index in [1.54, 1.807) is 0 Å². The number of rotatable bonds is 18. The van der Waals surface area contributed by atoms with Crippen molar-refractivity contribution in [3.05, 3.63) is 94.9 Å². The number of amides is 1. The first kappa shape index (κ1) is 44.2. The number of carbonyl (C=O) groups is 5. The van der Waals surface area contributed by atoms with Crippen molar-refractivity contribution in [2.45, 2.75) is 102 Å². The molecule has 2 aromatic rings. The van der Waals surface area contributed by atoms with E-state index in [1.807, 2.05) is 60.7 Å². The zero-order chi connectivity index (χ0) is 41.3. The van der Waals surface area contributed by atoms with Gasteiger partial charge in [0.15, 0.2) is 36.9 Å². The molecule has 0 bridgehead atoms. The van der Waals surface area contributed by atoms with Gasteiger partial charge in [0, 0.05) is 32.6 Å². The van der Waals surface area contributed by atoms with Crippen LogP contribution in [0.3, 0.4) is 0 Å². The van der Waals surface area contributed by atoms with Crippen LogP contribution in [0.1, 0.15) is 38.8 Å². The minimum Gasteiger partial charge on any atom is -0.456 e. The molecular formula is C38H46N4O15. The molecule has 0 unspecified atom stereocenters. The molecular weight excluding hydrogens is 752 g/mol. The minimum absolute atomic E-state index is 0.0804. The van der Waals surface area contributed by atoms with Crippen LogP contribution in [-0.4, -0.2) is 111 Å². The largest absolute Gasteiger partial charge is 0.509 e. The smallest absolute Gasteiger partial charge is 0.456 e. The van der Waals surface area contributed by atoms with Gasteiger partial charge in [-0.25, -0.2) is 4.79 Å². The van der Waals surface area contributed by atoms with Crippen LogP contribution in [0.5, 0.6) is 0 Å². The van der Waals surface area contributed by atoms with E-state index in [-0.39, 0.29) is 33.0 Å². The Morgan fingerprint density at radius 3 is 1.77 bits per heavy atom. The number of benzene rings is 2. The number of nitrogens with zero attached hydrogens (tertiary/aromatic N) is 3. The molecule has 1 N–H and O–H groups in total. The molecule has 1 amide bonds. The van der Waals surface area contributed by atoms with Gasteiger partial charge in [0.25, 0.3) is 0 Å². The Kier molecular flexibility index (Phi) is 17.2. The Labute approximate surface area is 328 Å². The van der Waals surface area contributed by atoms with E-state index in [0.717, 1.165) is 31.9 Å². The van der Waals surface area contributed by atoms with E-state index in [1.165, 1.54) is 13.0 Å². The van der Waals surface area contributed by atoms with E-state index in [9.17, 15) is 29.5 Å². The van der Waals surface area contributed by atoms with Crippen molar-refractivity contribution in [1.82, 2.24) is 5.32 Å². The average Bonchev–Trinajstić information content (AvgIpc) is 3.16. The molecule has 0 saturated carbocycles. The number of hydrogen-bond acceptors (Lipinski definition) is 16. The standard InChI is InChI=1S/C38H46N4O15/c1-6-17-50-38(47)57-33-30(40-22(2)43)36(41-42-39)54-28(20-48-18-26-13-9-7-10-14-26)31(33)56-37-35(53-25(5)46)34(52-24(4)45)32(51-23(3)44)29(55-37)21-49-19-27-15-11-8-12-16-27/h6-16,28-37H,1,17-21H2,2-5H3,(H,40,43)/t28-,29-,30-,31-,32+,33-,34+,35-,36-,37+/m1/s1. The van der Waals surface area contributed by atoms with Gasteiger partial charge in [-0.3, -0.25) is 19.2 Å². The van der Waals surface area contributed by atoms with Crippen LogP contribution in [0.15, 0.2) is 78.4 Å². The van der Waals surface area contributed by atoms with Crippen LogP contribution in [-0.2, 0) is 79.8 Å². The third kappa shape index (κ3) is 13.6. The fraction of sp³-hybridized carbons (Fsp3) is 0.500. The summed E-state index contributed by atoms with van der Waals surface area (Å²) in [5, 5.41) is 6.29. The van der Waals surface area contributed by atoms with Gasteiger partial charge in [0.05, 0.1) is 26.4 Å². The number of carbonyl (C=O) groups excluding carboxylic acids is 5. The highest BCUT2D eigenvalue weighted by molar-refractivity contribution is 5.73. The number of azide groups is 1. The lowest BCUT2D eigenvalue weighted by Gasteiger charge is -2.48. The highest BCUT2D eigenvalue weighted by atomic mass is 16.8. The summed E-state index contributed by atoms with van der Waals surface area (Å²) >= 11 is 0. The fourth-order valence-corrected chi connectivity index (χ4v) is 6.16. The van der Waals surface area contributed by atoms with Crippen molar-refractivity contribution in [2.75, 3.05) is 19.8 Å². The van der Waals surface area contributed by atoms with Gasteiger partial charge in [0.1, 0.15) is 31.0 Å². The van der Waals surface area contributed by atoms with E-state index in [0.29, 0.717) is 0 Å². The summed E-state index contributed by atoms with van der Waals surface area (Å²) in [5.41, 5.74) is 11.1. The van der Waals surface area contributed by atoms with E-state index < -0.39 is 91.3 Å². The average molecular weight is 799 g/mol. The van der Waals surface area contributed by atoms with Gasteiger partial charge >= 0.3 is 24.1 Å². The SMILES string of the molecule is C=CCOC(=O)O[C@@H]1[C@@H](NC(C)=O)[C@H](N=[N+]=[N-])O[C@H](COCc2ccccc2)[C@H]1O[C@@H]1O[C@H](COCc2ccccc2)[C@H](OC(C)=O)[C@H](OC(C)=O)[C@H]1OC(C)=O. The van der Waals surface area contributed by atoms with E-state index in [2.05, 4.69) is 21.9 Å². The number of hydrogen-bond donors (Lipinski definition) is 1. The molecule has 0 spiro atoms. The third-order valence-electron chi connectivity index (χ3n) is 8.33. The molecule has 308 valence electrons. The first-order valence-electron chi connectivity index (χ1n) is 17.9. The summed E-state index contributed by atoms with van der Waals surface area (Å²) in [6.07, 6.45) is -13.2. The predicted molar refractivity (Wildman–Crippen MR) is 194 cm³/mol. The molecule has 2 aromatic carbocycles. The molecule has 2 heterocycles. The summed E-state index contributed by atoms with van der Waals surface area (Å²) in [5.74, 6) is -3.10. The number of ether oxygens (including phenoxy) is 10. The molecule has 2 saturated heterocycles. The lowest BCUT2D eigenvalue weighted by Crippen LogP contribution is -2.68. The van der Waals surface area contributed by atoms with E-state index in [4.69, 9.17) is 47.4 Å². The topological polar surface area (TPSA) is 238 Å². The summed E-state index contributed by atoms with van der Waals surface area (Å²) in [7, 11) is 0. The van der Waals surface area contributed by atoms with Gasteiger partial charge in [-0.1, -0.05) is 78.4 Å². The van der Waals surface area contributed by atoms with Gasteiger partial charge in [-0.05, 0) is 16.7 Å². The Bertz CT molecular complexity index is 1710. The van der Waals surface area contributed by atoms with Gasteiger partial charge in [-0.2, -0.15) is 0 Å². The van der Waals surface area contributed by atoms with Crippen LogP contribution in [0, 0.1) is 0 Å². The normalized spacial score (nSPS) is 26.7. The molecule has 0 aliphatic carbocycles. The van der Waals surface area contributed by atoms with Crippen molar-refractivity contribution in [3.8, 4) is 0 Å². The molecule has 2 aliphatic heterocycles. The number of nitrogens with one attached hydrogen (secondary N) is 1. The molecule has 0 radical (unpaired) electrons. The Morgan fingerprint density at radius 2 is 1.26 bits per heavy atom. The number of esters is 3. The first-order chi connectivity index (χ1) is 27.4. The molecule has 2 aliphatic rings. The zero-order valence-electron chi connectivity index (χ0n) is 31.8. The van der Waals surface area contributed by atoms with Crippen molar-refractivity contribution in [1.29, 1.82) is 0 Å². The van der Waals surface area contributed by atoms with E-state index >= 15 is 0 Å². The van der Waals surface area contributed by atoms with Crippen LogP contribution < -0.4 is 5.32 Å². The molecule has 19 nitrogen and oxygen atoms in total. The monoisotopic (exact) mass is 798 g/mol. The van der Waals surface area contributed by atoms with Crippen molar-refractivity contribution < 1.29 is 71.3 Å².